The number of hydrogen-bond acceptors (Lipinski definition) is 4. The standard InChI is InChI=1S/C36H40BrN3O4S/c1-4-27(3)38-36(42)34(24-29-13-8-6-9-14-29)39(25-30-15-12-16-31(37)23-30)35(41)26-40(32-21-19-28(5-2)20-22-32)45(43,44)33-17-10-7-11-18-33/h6-23,27,34H,4-5,24-26H2,1-3H3,(H,38,42)/t27-,34+/m1/s1. The van der Waals surface area contributed by atoms with Crippen LogP contribution in [-0.2, 0) is 39.0 Å². The Balaban J connectivity index is 1.80. The van der Waals surface area contributed by atoms with Gasteiger partial charge in [0.25, 0.3) is 10.0 Å². The van der Waals surface area contributed by atoms with E-state index in [-0.39, 0.29) is 29.8 Å². The van der Waals surface area contributed by atoms with E-state index in [0.29, 0.717) is 5.69 Å². The highest BCUT2D eigenvalue weighted by atomic mass is 79.9. The molecule has 45 heavy (non-hydrogen) atoms. The summed E-state index contributed by atoms with van der Waals surface area (Å²) in [6, 6.07) is 31.4. The van der Waals surface area contributed by atoms with Crippen molar-refractivity contribution < 1.29 is 18.0 Å². The van der Waals surface area contributed by atoms with Gasteiger partial charge in [0.15, 0.2) is 0 Å². The third-order valence-corrected chi connectivity index (χ3v) is 10.0. The number of anilines is 1. The lowest BCUT2D eigenvalue weighted by molar-refractivity contribution is -0.140. The second-order valence-corrected chi connectivity index (χ2v) is 13.8. The number of sulfonamides is 1. The lowest BCUT2D eigenvalue weighted by Gasteiger charge is -2.34. The maximum absolute atomic E-state index is 14.5. The van der Waals surface area contributed by atoms with Gasteiger partial charge in [-0.25, -0.2) is 8.42 Å². The predicted molar refractivity (Wildman–Crippen MR) is 183 cm³/mol. The SMILES string of the molecule is CCc1ccc(N(CC(=O)N(Cc2cccc(Br)c2)[C@@H](Cc2ccccc2)C(=O)N[C@H](C)CC)S(=O)(=O)c2ccccc2)cc1. The molecular formula is C36H40BrN3O4S. The number of carbonyl (C=O) groups is 2. The van der Waals surface area contributed by atoms with Crippen LogP contribution in [0.2, 0.25) is 0 Å². The summed E-state index contributed by atoms with van der Waals surface area (Å²) >= 11 is 3.52. The molecule has 0 unspecified atom stereocenters. The van der Waals surface area contributed by atoms with Crippen LogP contribution in [0.25, 0.3) is 0 Å². The molecule has 236 valence electrons. The van der Waals surface area contributed by atoms with Crippen molar-refractivity contribution in [1.82, 2.24) is 10.2 Å². The smallest absolute Gasteiger partial charge is 0.264 e. The average Bonchev–Trinajstić information content (AvgIpc) is 3.06. The van der Waals surface area contributed by atoms with Crippen molar-refractivity contribution in [2.24, 2.45) is 0 Å². The first-order chi connectivity index (χ1) is 21.6. The van der Waals surface area contributed by atoms with Crippen molar-refractivity contribution in [3.63, 3.8) is 0 Å². The van der Waals surface area contributed by atoms with E-state index < -0.39 is 28.5 Å². The topological polar surface area (TPSA) is 86.8 Å². The van der Waals surface area contributed by atoms with Crippen LogP contribution in [0.5, 0.6) is 0 Å². The number of halogens is 1. The summed E-state index contributed by atoms with van der Waals surface area (Å²) < 4.78 is 30.2. The Labute approximate surface area is 275 Å². The highest BCUT2D eigenvalue weighted by Gasteiger charge is 2.35. The third-order valence-electron chi connectivity index (χ3n) is 7.76. The van der Waals surface area contributed by atoms with Gasteiger partial charge in [0, 0.05) is 23.5 Å². The Morgan fingerprint density at radius 2 is 1.42 bits per heavy atom. The Kier molecular flexibility index (Phi) is 12.0. The molecular weight excluding hydrogens is 650 g/mol. The molecule has 0 spiro atoms. The van der Waals surface area contributed by atoms with Crippen LogP contribution in [0.15, 0.2) is 119 Å². The molecule has 2 amide bonds. The van der Waals surface area contributed by atoms with Gasteiger partial charge in [-0.15, -0.1) is 0 Å². The molecule has 0 bridgehead atoms. The van der Waals surface area contributed by atoms with Gasteiger partial charge in [-0.1, -0.05) is 103 Å². The third kappa shape index (κ3) is 9.05. The summed E-state index contributed by atoms with van der Waals surface area (Å²) in [6.07, 6.45) is 1.78. The van der Waals surface area contributed by atoms with Gasteiger partial charge in [0.2, 0.25) is 11.8 Å². The fourth-order valence-corrected chi connectivity index (χ4v) is 6.86. The highest BCUT2D eigenvalue weighted by molar-refractivity contribution is 9.10. The number of amides is 2. The summed E-state index contributed by atoms with van der Waals surface area (Å²) in [6.45, 7) is 5.55. The maximum Gasteiger partial charge on any atom is 0.264 e. The summed E-state index contributed by atoms with van der Waals surface area (Å²) in [5, 5.41) is 3.06. The molecule has 0 aromatic heterocycles. The lowest BCUT2D eigenvalue weighted by atomic mass is 10.0. The lowest BCUT2D eigenvalue weighted by Crippen LogP contribution is -2.54. The molecule has 0 radical (unpaired) electrons. The molecule has 4 aromatic rings. The first kappa shape index (κ1) is 33.9. The number of nitrogens with one attached hydrogen (secondary N) is 1. The number of nitrogens with zero attached hydrogens (tertiary/aromatic N) is 2. The first-order valence-corrected chi connectivity index (χ1v) is 17.4. The van der Waals surface area contributed by atoms with Crippen molar-refractivity contribution in [3.05, 3.63) is 130 Å². The highest BCUT2D eigenvalue weighted by Crippen LogP contribution is 2.26. The summed E-state index contributed by atoms with van der Waals surface area (Å²) in [5.41, 5.74) is 3.10. The van der Waals surface area contributed by atoms with Crippen LogP contribution < -0.4 is 9.62 Å². The number of benzene rings is 4. The minimum absolute atomic E-state index is 0.0752. The largest absolute Gasteiger partial charge is 0.352 e. The molecule has 0 saturated carbocycles. The second kappa shape index (κ2) is 15.9. The van der Waals surface area contributed by atoms with Gasteiger partial charge in [-0.05, 0) is 72.9 Å². The van der Waals surface area contributed by atoms with Crippen molar-refractivity contribution in [2.75, 3.05) is 10.8 Å². The zero-order valence-corrected chi connectivity index (χ0v) is 28.3. The summed E-state index contributed by atoms with van der Waals surface area (Å²) in [5.74, 6) is -0.782. The van der Waals surface area contributed by atoms with E-state index in [1.807, 2.05) is 87.5 Å². The van der Waals surface area contributed by atoms with Crippen molar-refractivity contribution in [3.8, 4) is 0 Å². The van der Waals surface area contributed by atoms with Gasteiger partial charge in [0.05, 0.1) is 10.6 Å². The minimum Gasteiger partial charge on any atom is -0.352 e. The number of hydrogen-bond donors (Lipinski definition) is 1. The fourth-order valence-electron chi connectivity index (χ4n) is 4.97. The molecule has 7 nitrogen and oxygen atoms in total. The molecule has 0 heterocycles. The molecule has 0 aliphatic heterocycles. The van der Waals surface area contributed by atoms with E-state index in [1.54, 1.807) is 30.3 Å². The maximum atomic E-state index is 14.5. The normalized spacial score (nSPS) is 12.6. The molecule has 2 atom stereocenters. The Bertz CT molecular complexity index is 1670. The van der Waals surface area contributed by atoms with Crippen LogP contribution in [0.4, 0.5) is 5.69 Å². The van der Waals surface area contributed by atoms with Gasteiger partial charge >= 0.3 is 0 Å². The monoisotopic (exact) mass is 689 g/mol. The van der Waals surface area contributed by atoms with Crippen molar-refractivity contribution in [2.45, 2.75) is 63.6 Å². The molecule has 9 heteroatoms. The van der Waals surface area contributed by atoms with Crippen molar-refractivity contribution >= 4 is 43.5 Å². The van der Waals surface area contributed by atoms with Gasteiger partial charge in [0.1, 0.15) is 12.6 Å². The van der Waals surface area contributed by atoms with Gasteiger partial charge in [-0.2, -0.15) is 0 Å². The molecule has 4 rings (SSSR count). The van der Waals surface area contributed by atoms with Crippen molar-refractivity contribution in [1.29, 1.82) is 0 Å². The van der Waals surface area contributed by atoms with Crippen LogP contribution in [0.3, 0.4) is 0 Å². The zero-order chi connectivity index (χ0) is 32.4. The molecule has 0 aliphatic carbocycles. The van der Waals surface area contributed by atoms with Crippen LogP contribution in [0.1, 0.15) is 43.9 Å². The van der Waals surface area contributed by atoms with E-state index in [0.717, 1.165) is 38.3 Å². The summed E-state index contributed by atoms with van der Waals surface area (Å²) in [4.78, 5) is 30.0. The van der Waals surface area contributed by atoms with Crippen LogP contribution in [-0.4, -0.2) is 43.8 Å². The van der Waals surface area contributed by atoms with E-state index in [9.17, 15) is 18.0 Å². The fraction of sp³-hybridized carbons (Fsp3) is 0.278. The number of carbonyl (C=O) groups excluding carboxylic acids is 2. The molecule has 0 aliphatic rings. The van der Waals surface area contributed by atoms with Crippen LogP contribution >= 0.6 is 15.9 Å². The number of rotatable bonds is 14. The minimum atomic E-state index is -4.13. The summed E-state index contributed by atoms with van der Waals surface area (Å²) in [7, 11) is -4.13. The zero-order valence-electron chi connectivity index (χ0n) is 25.9. The first-order valence-electron chi connectivity index (χ1n) is 15.2. The van der Waals surface area contributed by atoms with Gasteiger partial charge < -0.3 is 10.2 Å². The quantitative estimate of drug-likeness (QED) is 0.159. The number of aryl methyl sites for hydroxylation is 1. The second-order valence-electron chi connectivity index (χ2n) is 11.0. The van der Waals surface area contributed by atoms with E-state index in [4.69, 9.17) is 0 Å². The predicted octanol–water partition coefficient (Wildman–Crippen LogP) is 6.76. The molecule has 0 saturated heterocycles. The Morgan fingerprint density at radius 1 is 0.800 bits per heavy atom. The average molecular weight is 691 g/mol. The Morgan fingerprint density at radius 3 is 2.02 bits per heavy atom. The van der Waals surface area contributed by atoms with E-state index in [1.165, 1.54) is 17.0 Å². The van der Waals surface area contributed by atoms with Gasteiger partial charge in [-0.3, -0.25) is 13.9 Å². The van der Waals surface area contributed by atoms with E-state index >= 15 is 0 Å². The van der Waals surface area contributed by atoms with Crippen LogP contribution in [0, 0.1) is 0 Å². The molecule has 4 aromatic carbocycles. The molecule has 1 N–H and O–H groups in total. The molecule has 0 fully saturated rings. The Hall–Kier alpha value is -3.95. The van der Waals surface area contributed by atoms with E-state index in [2.05, 4.69) is 21.2 Å².